The molecule has 9 heteroatoms. The fraction of sp³-hybridized carbons (Fsp3) is 0.263. The van der Waals surface area contributed by atoms with E-state index in [9.17, 15) is 27.9 Å². The van der Waals surface area contributed by atoms with Crippen molar-refractivity contribution >= 4 is 11.8 Å². The number of amides is 2. The Kier molecular flexibility index (Phi) is 5.03. The van der Waals surface area contributed by atoms with Gasteiger partial charge in [-0.25, -0.2) is 4.79 Å². The first-order chi connectivity index (χ1) is 13.2. The topological polar surface area (TPSA) is 87.7 Å². The number of hydrogen-bond donors (Lipinski definition) is 3. The van der Waals surface area contributed by atoms with Gasteiger partial charge in [0.2, 0.25) is 5.72 Å². The largest absolute Gasteiger partial charge is 0.497 e. The predicted octanol–water partition coefficient (Wildman–Crippen LogP) is 2.80. The Hall–Kier alpha value is -3.07. The molecule has 1 heterocycles. The third-order valence-electron chi connectivity index (χ3n) is 4.62. The molecule has 0 unspecified atom stereocenters. The molecule has 2 aromatic rings. The molecule has 28 heavy (non-hydrogen) atoms. The summed E-state index contributed by atoms with van der Waals surface area (Å²) in [4.78, 5) is 24.9. The highest BCUT2D eigenvalue weighted by molar-refractivity contribution is 6.00. The van der Waals surface area contributed by atoms with Crippen molar-refractivity contribution in [1.82, 2.24) is 10.6 Å². The van der Waals surface area contributed by atoms with E-state index < -0.39 is 35.7 Å². The Morgan fingerprint density at radius 3 is 2.25 bits per heavy atom. The van der Waals surface area contributed by atoms with Crippen LogP contribution >= 0.6 is 0 Å². The maximum atomic E-state index is 13.8. The molecule has 2 aromatic carbocycles. The Morgan fingerprint density at radius 2 is 1.71 bits per heavy atom. The second kappa shape index (κ2) is 7.16. The third-order valence-corrected chi connectivity index (χ3v) is 4.62. The number of ether oxygens (including phenoxy) is 1. The summed E-state index contributed by atoms with van der Waals surface area (Å²) in [5.74, 6) is -2.57. The molecule has 3 atom stereocenters. The maximum absolute atomic E-state index is 13.8. The molecule has 0 bridgehead atoms. The highest BCUT2D eigenvalue weighted by atomic mass is 19.4. The number of rotatable bonds is 4. The molecule has 0 radical (unpaired) electrons. The first kappa shape index (κ1) is 19.7. The lowest BCUT2D eigenvalue weighted by Crippen LogP contribution is -2.72. The van der Waals surface area contributed by atoms with Gasteiger partial charge in [0.05, 0.1) is 13.2 Å². The number of ketones is 1. The van der Waals surface area contributed by atoms with Gasteiger partial charge in [-0.3, -0.25) is 4.79 Å². The van der Waals surface area contributed by atoms with Crippen molar-refractivity contribution in [3.63, 3.8) is 0 Å². The van der Waals surface area contributed by atoms with Crippen LogP contribution in [-0.4, -0.2) is 35.9 Å². The van der Waals surface area contributed by atoms with Gasteiger partial charge in [0, 0.05) is 5.56 Å². The molecule has 1 aliphatic rings. The number of aliphatic hydroxyl groups is 1. The van der Waals surface area contributed by atoms with E-state index in [4.69, 9.17) is 4.74 Å². The van der Waals surface area contributed by atoms with Gasteiger partial charge in [-0.15, -0.1) is 0 Å². The van der Waals surface area contributed by atoms with Gasteiger partial charge in [-0.05, 0) is 17.7 Å². The van der Waals surface area contributed by atoms with Gasteiger partial charge in [0.1, 0.15) is 11.7 Å². The van der Waals surface area contributed by atoms with Gasteiger partial charge in [0.15, 0.2) is 5.78 Å². The zero-order chi connectivity index (χ0) is 20.5. The van der Waals surface area contributed by atoms with Crippen molar-refractivity contribution in [2.45, 2.75) is 17.9 Å². The van der Waals surface area contributed by atoms with Crippen molar-refractivity contribution in [2.75, 3.05) is 7.11 Å². The number of nitrogens with one attached hydrogen (secondary N) is 2. The minimum Gasteiger partial charge on any atom is -0.497 e. The van der Waals surface area contributed by atoms with Crippen LogP contribution in [0.2, 0.25) is 0 Å². The zero-order valence-corrected chi connectivity index (χ0v) is 14.7. The standard InChI is InChI=1S/C19H17F3N2O4/c1-28-13-9-7-11(8-10-13)15-14(16(25)12-5-3-2-4-6-12)18(27,19(20,21)22)24-17(26)23-15/h2-10,14-15,27H,1H3,(H2,23,24,26)/t14-,15-,18-/m0/s1. The summed E-state index contributed by atoms with van der Waals surface area (Å²) < 4.78 is 46.3. The summed E-state index contributed by atoms with van der Waals surface area (Å²) >= 11 is 0. The first-order valence-corrected chi connectivity index (χ1v) is 8.28. The van der Waals surface area contributed by atoms with Crippen molar-refractivity contribution in [3.8, 4) is 5.75 Å². The van der Waals surface area contributed by atoms with E-state index in [0.29, 0.717) is 5.75 Å². The van der Waals surface area contributed by atoms with Crippen LogP contribution < -0.4 is 15.4 Å². The van der Waals surface area contributed by atoms with Gasteiger partial charge in [-0.1, -0.05) is 42.5 Å². The van der Waals surface area contributed by atoms with Crippen LogP contribution in [0.1, 0.15) is 22.0 Å². The average molecular weight is 394 g/mol. The lowest BCUT2D eigenvalue weighted by atomic mass is 9.77. The summed E-state index contributed by atoms with van der Waals surface area (Å²) in [5.41, 5.74) is -3.55. The minimum absolute atomic E-state index is 0.0216. The highest BCUT2D eigenvalue weighted by Gasteiger charge is 2.66. The van der Waals surface area contributed by atoms with E-state index in [2.05, 4.69) is 5.32 Å². The van der Waals surface area contributed by atoms with E-state index in [0.717, 1.165) is 0 Å². The zero-order valence-electron chi connectivity index (χ0n) is 14.7. The molecule has 3 rings (SSSR count). The number of urea groups is 1. The number of carbonyl (C=O) groups is 2. The number of alkyl halides is 3. The predicted molar refractivity (Wildman–Crippen MR) is 92.7 cm³/mol. The first-order valence-electron chi connectivity index (χ1n) is 8.28. The van der Waals surface area contributed by atoms with Crippen LogP contribution in [0.3, 0.4) is 0 Å². The molecular weight excluding hydrogens is 377 g/mol. The molecule has 0 saturated carbocycles. The summed E-state index contributed by atoms with van der Waals surface area (Å²) in [6, 6.07) is 10.5. The molecule has 2 amide bonds. The van der Waals surface area contributed by atoms with E-state index in [-0.39, 0.29) is 11.1 Å². The molecule has 6 nitrogen and oxygen atoms in total. The quantitative estimate of drug-likeness (QED) is 0.696. The van der Waals surface area contributed by atoms with Crippen LogP contribution in [-0.2, 0) is 0 Å². The smallest absolute Gasteiger partial charge is 0.437 e. The molecular formula is C19H17F3N2O4. The van der Waals surface area contributed by atoms with Gasteiger partial charge in [0.25, 0.3) is 0 Å². The van der Waals surface area contributed by atoms with Crippen LogP contribution in [0.4, 0.5) is 18.0 Å². The molecule has 1 fully saturated rings. The normalized spacial score (nSPS) is 24.8. The number of Topliss-reactive ketones (excluding diaryl/α,β-unsaturated/α-hetero) is 1. The lowest BCUT2D eigenvalue weighted by molar-refractivity contribution is -0.287. The second-order valence-electron chi connectivity index (χ2n) is 6.32. The van der Waals surface area contributed by atoms with Gasteiger partial charge < -0.3 is 20.5 Å². The molecule has 0 spiro atoms. The Balaban J connectivity index is 2.13. The minimum atomic E-state index is -5.29. The summed E-state index contributed by atoms with van der Waals surface area (Å²) in [6.45, 7) is 0. The molecule has 0 aromatic heterocycles. The average Bonchev–Trinajstić information content (AvgIpc) is 2.67. The molecule has 1 saturated heterocycles. The van der Waals surface area contributed by atoms with Crippen LogP contribution in [0.15, 0.2) is 54.6 Å². The fourth-order valence-corrected chi connectivity index (χ4v) is 3.21. The van der Waals surface area contributed by atoms with E-state index in [1.807, 2.05) is 0 Å². The van der Waals surface area contributed by atoms with Gasteiger partial charge in [-0.2, -0.15) is 13.2 Å². The second-order valence-corrected chi connectivity index (χ2v) is 6.32. The number of methoxy groups -OCH3 is 1. The van der Waals surface area contributed by atoms with E-state index >= 15 is 0 Å². The maximum Gasteiger partial charge on any atom is 0.437 e. The Bertz CT molecular complexity index is 871. The fourth-order valence-electron chi connectivity index (χ4n) is 3.21. The van der Waals surface area contributed by atoms with Crippen LogP contribution in [0.5, 0.6) is 5.75 Å². The molecule has 0 aliphatic carbocycles. The van der Waals surface area contributed by atoms with Crippen LogP contribution in [0.25, 0.3) is 0 Å². The number of carbonyl (C=O) groups excluding carboxylic acids is 2. The Labute approximate surface area is 158 Å². The molecule has 3 N–H and O–H groups in total. The molecule has 1 aliphatic heterocycles. The van der Waals surface area contributed by atoms with Crippen LogP contribution in [0, 0.1) is 5.92 Å². The van der Waals surface area contributed by atoms with Crippen molar-refractivity contribution in [1.29, 1.82) is 0 Å². The van der Waals surface area contributed by atoms with Gasteiger partial charge >= 0.3 is 12.2 Å². The number of benzene rings is 2. The highest BCUT2D eigenvalue weighted by Crippen LogP contribution is 2.44. The number of hydrogen-bond acceptors (Lipinski definition) is 4. The number of halogens is 3. The van der Waals surface area contributed by atoms with Crippen molar-refractivity contribution in [3.05, 3.63) is 65.7 Å². The van der Waals surface area contributed by atoms with E-state index in [1.165, 1.54) is 61.0 Å². The third kappa shape index (κ3) is 3.40. The summed E-state index contributed by atoms with van der Waals surface area (Å²) in [6.07, 6.45) is -5.29. The molecule has 148 valence electrons. The summed E-state index contributed by atoms with van der Waals surface area (Å²) in [7, 11) is 1.42. The Morgan fingerprint density at radius 1 is 1.11 bits per heavy atom. The lowest BCUT2D eigenvalue weighted by Gasteiger charge is -2.45. The SMILES string of the molecule is COc1ccc([C@@H]2NC(=O)N[C@@](O)(C(F)(F)F)[C@@H]2C(=O)c2ccccc2)cc1. The van der Waals surface area contributed by atoms with Crippen molar-refractivity contribution in [2.24, 2.45) is 5.92 Å². The monoisotopic (exact) mass is 394 g/mol. The van der Waals surface area contributed by atoms with E-state index in [1.54, 1.807) is 6.07 Å². The van der Waals surface area contributed by atoms with Crippen molar-refractivity contribution < 1.29 is 32.6 Å². The summed E-state index contributed by atoms with van der Waals surface area (Å²) in [5, 5.41) is 14.3.